The molecular formula is C15H12O4. The molecule has 0 N–H and O–H groups in total. The fourth-order valence-corrected chi connectivity index (χ4v) is 2.06. The number of fused-ring (bicyclic) bond motifs is 2. The van der Waals surface area contributed by atoms with Gasteiger partial charge >= 0.3 is 0 Å². The zero-order chi connectivity index (χ0) is 13.2. The first-order valence-corrected chi connectivity index (χ1v) is 5.87. The third-order valence-corrected chi connectivity index (χ3v) is 2.90. The number of benzene rings is 2. The maximum Gasteiger partial charge on any atom is 0.204 e. The molecule has 0 saturated carbocycles. The van der Waals surface area contributed by atoms with Crippen LogP contribution in [0.25, 0.3) is 21.9 Å². The van der Waals surface area contributed by atoms with E-state index < -0.39 is 0 Å². The van der Waals surface area contributed by atoms with E-state index in [2.05, 4.69) is 0 Å². The fraction of sp³-hybridized carbons (Fsp3) is 0.133. The standard InChI is InChI=1S/C15H12O4/c1-17-9-18-12-7-4-8-13-14(12)15(16)10-5-2-3-6-11(10)19-13/h2-8H,9H2,1H3. The van der Waals surface area contributed by atoms with Gasteiger partial charge in [-0.15, -0.1) is 0 Å². The molecule has 0 fully saturated rings. The minimum absolute atomic E-state index is 0.0887. The van der Waals surface area contributed by atoms with Gasteiger partial charge in [0.2, 0.25) is 5.43 Å². The van der Waals surface area contributed by atoms with Crippen LogP contribution in [0.3, 0.4) is 0 Å². The summed E-state index contributed by atoms with van der Waals surface area (Å²) in [7, 11) is 1.53. The topological polar surface area (TPSA) is 48.7 Å². The van der Waals surface area contributed by atoms with Gasteiger partial charge in [0.25, 0.3) is 0 Å². The summed E-state index contributed by atoms with van der Waals surface area (Å²) in [5.41, 5.74) is 0.991. The van der Waals surface area contributed by atoms with E-state index in [0.717, 1.165) is 0 Å². The van der Waals surface area contributed by atoms with Gasteiger partial charge in [-0.2, -0.15) is 0 Å². The molecule has 0 amide bonds. The summed E-state index contributed by atoms with van der Waals surface area (Å²) in [6, 6.07) is 12.4. The number of hydrogen-bond donors (Lipinski definition) is 0. The smallest absolute Gasteiger partial charge is 0.204 e. The van der Waals surface area contributed by atoms with Crippen LogP contribution in [0, 0.1) is 0 Å². The SMILES string of the molecule is COCOc1cccc2oc3ccccc3c(=O)c12. The lowest BCUT2D eigenvalue weighted by molar-refractivity contribution is 0.0522. The first kappa shape index (κ1) is 11.7. The molecule has 0 unspecified atom stereocenters. The van der Waals surface area contributed by atoms with Crippen molar-refractivity contribution in [2.24, 2.45) is 0 Å². The highest BCUT2D eigenvalue weighted by Gasteiger charge is 2.11. The monoisotopic (exact) mass is 256 g/mol. The average Bonchev–Trinajstić information content (AvgIpc) is 2.45. The van der Waals surface area contributed by atoms with Crippen LogP contribution in [-0.2, 0) is 4.74 Å². The molecule has 0 bridgehead atoms. The summed E-state index contributed by atoms with van der Waals surface area (Å²) in [6.45, 7) is 0.0887. The molecular weight excluding hydrogens is 244 g/mol. The van der Waals surface area contributed by atoms with E-state index in [9.17, 15) is 4.79 Å². The van der Waals surface area contributed by atoms with Gasteiger partial charge in [0, 0.05) is 7.11 Å². The van der Waals surface area contributed by atoms with Gasteiger partial charge in [-0.3, -0.25) is 4.79 Å². The predicted molar refractivity (Wildman–Crippen MR) is 72.5 cm³/mol. The highest BCUT2D eigenvalue weighted by molar-refractivity contribution is 5.93. The van der Waals surface area contributed by atoms with Crippen molar-refractivity contribution in [2.45, 2.75) is 0 Å². The minimum atomic E-state index is -0.0939. The maximum absolute atomic E-state index is 12.5. The molecule has 0 atom stereocenters. The summed E-state index contributed by atoms with van der Waals surface area (Å²) in [6.07, 6.45) is 0. The zero-order valence-corrected chi connectivity index (χ0v) is 10.4. The summed E-state index contributed by atoms with van der Waals surface area (Å²) in [4.78, 5) is 12.5. The molecule has 0 radical (unpaired) electrons. The largest absolute Gasteiger partial charge is 0.467 e. The number of rotatable bonds is 3. The van der Waals surface area contributed by atoms with Crippen LogP contribution in [0.5, 0.6) is 5.75 Å². The van der Waals surface area contributed by atoms with Gasteiger partial charge in [0.15, 0.2) is 6.79 Å². The average molecular weight is 256 g/mol. The van der Waals surface area contributed by atoms with E-state index in [-0.39, 0.29) is 12.2 Å². The van der Waals surface area contributed by atoms with Crippen molar-refractivity contribution in [1.82, 2.24) is 0 Å². The van der Waals surface area contributed by atoms with Crippen LogP contribution in [0.1, 0.15) is 0 Å². The molecule has 4 heteroatoms. The van der Waals surface area contributed by atoms with Crippen molar-refractivity contribution in [2.75, 3.05) is 13.9 Å². The number of ether oxygens (including phenoxy) is 2. The second-order valence-electron chi connectivity index (χ2n) is 4.11. The van der Waals surface area contributed by atoms with Crippen LogP contribution in [0.4, 0.5) is 0 Å². The van der Waals surface area contributed by atoms with E-state index >= 15 is 0 Å². The van der Waals surface area contributed by atoms with Gasteiger partial charge in [-0.05, 0) is 24.3 Å². The van der Waals surface area contributed by atoms with E-state index in [1.165, 1.54) is 7.11 Å². The Kier molecular flexibility index (Phi) is 2.93. The van der Waals surface area contributed by atoms with Crippen molar-refractivity contribution in [1.29, 1.82) is 0 Å². The third-order valence-electron chi connectivity index (χ3n) is 2.90. The van der Waals surface area contributed by atoms with Crippen molar-refractivity contribution in [3.8, 4) is 5.75 Å². The molecule has 1 aromatic heterocycles. The summed E-state index contributed by atoms with van der Waals surface area (Å²) in [5.74, 6) is 0.471. The van der Waals surface area contributed by atoms with Crippen LogP contribution < -0.4 is 10.2 Å². The molecule has 0 aliphatic carbocycles. The van der Waals surface area contributed by atoms with Crippen LogP contribution in [0.15, 0.2) is 51.7 Å². The van der Waals surface area contributed by atoms with Gasteiger partial charge < -0.3 is 13.9 Å². The normalized spacial score (nSPS) is 11.0. The summed E-state index contributed by atoms with van der Waals surface area (Å²) in [5, 5.41) is 0.988. The second kappa shape index (κ2) is 4.74. The number of hydrogen-bond acceptors (Lipinski definition) is 4. The lowest BCUT2D eigenvalue weighted by Crippen LogP contribution is -2.06. The molecule has 0 aliphatic heterocycles. The van der Waals surface area contributed by atoms with E-state index in [4.69, 9.17) is 13.9 Å². The van der Waals surface area contributed by atoms with Crippen molar-refractivity contribution < 1.29 is 13.9 Å². The van der Waals surface area contributed by atoms with Crippen LogP contribution >= 0.6 is 0 Å². The van der Waals surface area contributed by atoms with Crippen molar-refractivity contribution >= 4 is 21.9 Å². The molecule has 19 heavy (non-hydrogen) atoms. The Labute approximate surface area is 109 Å². The Morgan fingerprint density at radius 3 is 2.68 bits per heavy atom. The van der Waals surface area contributed by atoms with Gasteiger partial charge in [0.1, 0.15) is 22.3 Å². The number of para-hydroxylation sites is 1. The maximum atomic E-state index is 12.5. The highest BCUT2D eigenvalue weighted by atomic mass is 16.7. The Morgan fingerprint density at radius 1 is 1.05 bits per heavy atom. The molecule has 3 rings (SSSR count). The molecule has 4 nitrogen and oxygen atoms in total. The molecule has 3 aromatic rings. The summed E-state index contributed by atoms with van der Waals surface area (Å²) < 4.78 is 16.0. The Morgan fingerprint density at radius 2 is 1.84 bits per heavy atom. The van der Waals surface area contributed by atoms with Crippen LogP contribution in [0.2, 0.25) is 0 Å². The molecule has 0 saturated heterocycles. The van der Waals surface area contributed by atoms with E-state index in [1.54, 1.807) is 30.3 Å². The quantitative estimate of drug-likeness (QED) is 0.534. The lowest BCUT2D eigenvalue weighted by atomic mass is 10.1. The summed E-state index contributed by atoms with van der Waals surface area (Å²) >= 11 is 0. The third kappa shape index (κ3) is 1.96. The van der Waals surface area contributed by atoms with Gasteiger partial charge in [0.05, 0.1) is 5.39 Å². The van der Waals surface area contributed by atoms with E-state index in [1.807, 2.05) is 12.1 Å². The van der Waals surface area contributed by atoms with Crippen LogP contribution in [-0.4, -0.2) is 13.9 Å². The Bertz CT molecular complexity index is 789. The molecule has 0 aliphatic rings. The van der Waals surface area contributed by atoms with Crippen molar-refractivity contribution in [3.05, 3.63) is 52.7 Å². The minimum Gasteiger partial charge on any atom is -0.467 e. The molecule has 96 valence electrons. The number of methoxy groups -OCH3 is 1. The lowest BCUT2D eigenvalue weighted by Gasteiger charge is -2.08. The Balaban J connectivity index is 2.36. The highest BCUT2D eigenvalue weighted by Crippen LogP contribution is 2.25. The molecule has 2 aromatic carbocycles. The second-order valence-corrected chi connectivity index (χ2v) is 4.11. The van der Waals surface area contributed by atoms with Gasteiger partial charge in [-0.25, -0.2) is 0 Å². The Hall–Kier alpha value is -2.33. The first-order valence-electron chi connectivity index (χ1n) is 5.87. The van der Waals surface area contributed by atoms with E-state index in [0.29, 0.717) is 27.7 Å². The first-order chi connectivity index (χ1) is 9.31. The molecule has 1 heterocycles. The molecule has 0 spiro atoms. The fourth-order valence-electron chi connectivity index (χ4n) is 2.06. The van der Waals surface area contributed by atoms with Gasteiger partial charge in [-0.1, -0.05) is 18.2 Å². The van der Waals surface area contributed by atoms with Crippen molar-refractivity contribution in [3.63, 3.8) is 0 Å². The predicted octanol–water partition coefficient (Wildman–Crippen LogP) is 2.93. The zero-order valence-electron chi connectivity index (χ0n) is 10.4.